The molecule has 0 unspecified atom stereocenters. The fraction of sp³-hybridized carbons (Fsp3) is 0.818. The van der Waals surface area contributed by atoms with E-state index >= 15 is 0 Å². The smallest absolute Gasteiger partial charge is 0.0795 e. The molecule has 0 aromatic heterocycles. The van der Waals surface area contributed by atoms with Gasteiger partial charge in [-0.25, -0.2) is 0 Å². The van der Waals surface area contributed by atoms with Crippen LogP contribution in [0.15, 0.2) is 22.0 Å². The molecule has 0 heterocycles. The van der Waals surface area contributed by atoms with Crippen molar-refractivity contribution in [3.63, 3.8) is 0 Å². The Labute approximate surface area is 157 Å². The Morgan fingerprint density at radius 1 is 1.12 bits per heavy atom. The maximum Gasteiger partial charge on any atom is 0.0795 e. The molecule has 0 aliphatic heterocycles. The highest BCUT2D eigenvalue weighted by atomic mass is 16.4. The molecule has 3 fully saturated rings. The van der Waals surface area contributed by atoms with Crippen LogP contribution in [0.1, 0.15) is 72.6 Å². The van der Waals surface area contributed by atoms with Gasteiger partial charge in [-0.1, -0.05) is 36.7 Å². The molecule has 0 radical (unpaired) electrons. The molecular weight excluding hydrogens is 324 g/mol. The van der Waals surface area contributed by atoms with Gasteiger partial charge in [0.15, 0.2) is 0 Å². The Kier molecular flexibility index (Phi) is 4.24. The molecular formula is C22H34N2O2. The molecule has 7 atom stereocenters. The number of nitrogens with zero attached hydrogens (tertiary/aromatic N) is 2. The summed E-state index contributed by atoms with van der Waals surface area (Å²) >= 11 is 0. The number of rotatable bonds is 1. The first-order valence-electron chi connectivity index (χ1n) is 10.5. The summed E-state index contributed by atoms with van der Waals surface area (Å²) in [6.07, 6.45) is 10.5. The van der Waals surface area contributed by atoms with Gasteiger partial charge in [0.1, 0.15) is 0 Å². The molecule has 0 aromatic carbocycles. The van der Waals surface area contributed by atoms with E-state index in [1.165, 1.54) is 37.7 Å². The fourth-order valence-corrected chi connectivity index (χ4v) is 7.83. The van der Waals surface area contributed by atoms with E-state index in [2.05, 4.69) is 37.2 Å². The second-order valence-corrected chi connectivity index (χ2v) is 10.0. The van der Waals surface area contributed by atoms with Crippen LogP contribution in [-0.2, 0) is 0 Å². The van der Waals surface area contributed by atoms with Gasteiger partial charge in [0.05, 0.1) is 11.4 Å². The van der Waals surface area contributed by atoms with Crippen LogP contribution in [0.25, 0.3) is 0 Å². The molecule has 0 aromatic rings. The lowest BCUT2D eigenvalue weighted by Gasteiger charge is -2.59. The predicted molar refractivity (Wildman–Crippen MR) is 104 cm³/mol. The molecule has 4 rings (SSSR count). The van der Waals surface area contributed by atoms with Gasteiger partial charge in [0.25, 0.3) is 0 Å². The van der Waals surface area contributed by atoms with Crippen molar-refractivity contribution in [2.24, 2.45) is 50.7 Å². The van der Waals surface area contributed by atoms with Gasteiger partial charge in [-0.05, 0) is 92.4 Å². The maximum absolute atomic E-state index is 9.37. The lowest BCUT2D eigenvalue weighted by Crippen LogP contribution is -2.52. The summed E-state index contributed by atoms with van der Waals surface area (Å²) in [5.74, 6) is 3.27. The van der Waals surface area contributed by atoms with Gasteiger partial charge in [0, 0.05) is 5.92 Å². The van der Waals surface area contributed by atoms with Crippen LogP contribution in [0.2, 0.25) is 0 Å². The van der Waals surface area contributed by atoms with Crippen LogP contribution in [0.5, 0.6) is 0 Å². The third-order valence-electron chi connectivity index (χ3n) is 9.08. The summed E-state index contributed by atoms with van der Waals surface area (Å²) in [7, 11) is 0. The van der Waals surface area contributed by atoms with E-state index in [-0.39, 0.29) is 5.41 Å². The van der Waals surface area contributed by atoms with Gasteiger partial charge < -0.3 is 10.4 Å². The Morgan fingerprint density at radius 2 is 1.88 bits per heavy atom. The van der Waals surface area contributed by atoms with Crippen molar-refractivity contribution in [1.29, 1.82) is 0 Å². The van der Waals surface area contributed by atoms with Crippen molar-refractivity contribution >= 4 is 11.4 Å². The quantitative estimate of drug-likeness (QED) is 0.370. The topological polar surface area (TPSA) is 65.2 Å². The lowest BCUT2D eigenvalue weighted by atomic mass is 9.45. The van der Waals surface area contributed by atoms with E-state index in [4.69, 9.17) is 0 Å². The zero-order valence-corrected chi connectivity index (χ0v) is 16.7. The Morgan fingerprint density at radius 3 is 2.58 bits per heavy atom. The van der Waals surface area contributed by atoms with Crippen LogP contribution in [0, 0.1) is 40.4 Å². The fourth-order valence-electron chi connectivity index (χ4n) is 7.83. The summed E-state index contributed by atoms with van der Waals surface area (Å²) in [5, 5.41) is 25.7. The molecule has 2 N–H and O–H groups in total. The first kappa shape index (κ1) is 18.1. The molecule has 0 amide bonds. The molecule has 0 saturated heterocycles. The van der Waals surface area contributed by atoms with Crippen molar-refractivity contribution < 1.29 is 10.4 Å². The van der Waals surface area contributed by atoms with E-state index in [1.54, 1.807) is 0 Å². The lowest BCUT2D eigenvalue weighted by molar-refractivity contribution is -0.0518. The molecule has 4 aliphatic rings. The largest absolute Gasteiger partial charge is 0.411 e. The summed E-state index contributed by atoms with van der Waals surface area (Å²) < 4.78 is 0. The molecule has 4 aliphatic carbocycles. The molecule has 144 valence electrons. The zero-order valence-electron chi connectivity index (χ0n) is 16.7. The summed E-state index contributed by atoms with van der Waals surface area (Å²) in [5.41, 5.74) is 3.88. The average Bonchev–Trinajstić information content (AvgIpc) is 2.98. The van der Waals surface area contributed by atoms with Crippen molar-refractivity contribution in [3.05, 3.63) is 11.6 Å². The Bertz CT molecular complexity index is 682. The van der Waals surface area contributed by atoms with Crippen molar-refractivity contribution in [1.82, 2.24) is 0 Å². The monoisotopic (exact) mass is 358 g/mol. The minimum absolute atomic E-state index is 0.260. The summed E-state index contributed by atoms with van der Waals surface area (Å²) in [4.78, 5) is 0. The van der Waals surface area contributed by atoms with Crippen LogP contribution in [0.4, 0.5) is 0 Å². The standard InChI is InChI=1S/C22H34N2O2/c1-13-11-16-18-6-5-17(14(2)23-25)21(18,3)10-8-19(16)22(4)9-7-15(24-26)12-20(13)22/h12-13,16-19,25-26H,5-11H2,1-4H3/b23-14+,24-15+/t13-,16-,17+,18-,19-,21+,22+/m0/s1. The number of allylic oxidation sites excluding steroid dienone is 2. The highest BCUT2D eigenvalue weighted by Gasteiger charge is 2.60. The Balaban J connectivity index is 1.69. The number of hydrogen-bond acceptors (Lipinski definition) is 4. The molecule has 0 bridgehead atoms. The minimum atomic E-state index is 0.260. The van der Waals surface area contributed by atoms with E-state index in [0.717, 1.165) is 42.0 Å². The van der Waals surface area contributed by atoms with Gasteiger partial charge in [-0.3, -0.25) is 0 Å². The molecule has 4 nitrogen and oxygen atoms in total. The van der Waals surface area contributed by atoms with Crippen LogP contribution in [0.3, 0.4) is 0 Å². The third-order valence-corrected chi connectivity index (χ3v) is 9.08. The van der Waals surface area contributed by atoms with Gasteiger partial charge in [0.2, 0.25) is 0 Å². The van der Waals surface area contributed by atoms with Crippen molar-refractivity contribution in [3.8, 4) is 0 Å². The van der Waals surface area contributed by atoms with Gasteiger partial charge in [-0.2, -0.15) is 0 Å². The maximum atomic E-state index is 9.37. The predicted octanol–water partition coefficient (Wildman–Crippen LogP) is 5.49. The molecule has 0 spiro atoms. The van der Waals surface area contributed by atoms with Crippen molar-refractivity contribution in [2.75, 3.05) is 0 Å². The van der Waals surface area contributed by atoms with E-state index in [0.29, 0.717) is 17.3 Å². The molecule has 4 heteroatoms. The SMILES string of the molecule is C/C(=N\O)[C@H]1CC[C@H]2[C@@H]3C[C@H](C)C4=C/C(=N/O)CC[C@]4(C)[C@H]3CC[C@]12C. The van der Waals surface area contributed by atoms with E-state index in [1.807, 2.05) is 6.92 Å². The number of fused-ring (bicyclic) bond motifs is 5. The van der Waals surface area contributed by atoms with Gasteiger partial charge >= 0.3 is 0 Å². The Hall–Kier alpha value is -1.32. The normalized spacial score (nSPS) is 50.0. The van der Waals surface area contributed by atoms with Crippen LogP contribution in [-0.4, -0.2) is 21.8 Å². The summed E-state index contributed by atoms with van der Waals surface area (Å²) in [6, 6.07) is 0. The highest BCUT2D eigenvalue weighted by Crippen LogP contribution is 2.67. The zero-order chi connectivity index (χ0) is 18.7. The van der Waals surface area contributed by atoms with Crippen molar-refractivity contribution in [2.45, 2.75) is 72.6 Å². The van der Waals surface area contributed by atoms with Gasteiger partial charge in [-0.15, -0.1) is 0 Å². The molecule has 26 heavy (non-hydrogen) atoms. The molecule has 3 saturated carbocycles. The highest BCUT2D eigenvalue weighted by molar-refractivity contribution is 5.96. The second-order valence-electron chi connectivity index (χ2n) is 10.0. The van der Waals surface area contributed by atoms with Crippen LogP contribution >= 0.6 is 0 Å². The van der Waals surface area contributed by atoms with Crippen LogP contribution < -0.4 is 0 Å². The van der Waals surface area contributed by atoms with E-state index < -0.39 is 0 Å². The van der Waals surface area contributed by atoms with E-state index in [9.17, 15) is 10.4 Å². The second kappa shape index (κ2) is 6.10. The first-order chi connectivity index (χ1) is 12.3. The minimum Gasteiger partial charge on any atom is -0.411 e. The first-order valence-corrected chi connectivity index (χ1v) is 10.5. The number of oxime groups is 2. The average molecular weight is 359 g/mol. The summed E-state index contributed by atoms with van der Waals surface area (Å²) in [6.45, 7) is 9.33. The third kappa shape index (κ3) is 2.33. The number of hydrogen-bond donors (Lipinski definition) is 2.